The summed E-state index contributed by atoms with van der Waals surface area (Å²) in [7, 11) is 0. The molecule has 0 aliphatic heterocycles. The fraction of sp³-hybridized carbons (Fsp3) is 0.364. The zero-order valence-electron chi connectivity index (χ0n) is 17.4. The topological polar surface area (TPSA) is 87.7 Å². The predicted octanol–water partition coefficient (Wildman–Crippen LogP) is 3.78. The van der Waals surface area contributed by atoms with Gasteiger partial charge in [0.15, 0.2) is 0 Å². The number of carbonyl (C=O) groups is 1. The number of aromatic amines is 1. The average molecular weight is 411 g/mol. The summed E-state index contributed by atoms with van der Waals surface area (Å²) in [5, 5.41) is 5.92. The van der Waals surface area contributed by atoms with E-state index < -0.39 is 11.5 Å². The zero-order valence-corrected chi connectivity index (χ0v) is 18.2. The van der Waals surface area contributed by atoms with Crippen molar-refractivity contribution in [3.8, 4) is 11.3 Å². The highest BCUT2D eigenvalue weighted by Gasteiger charge is 2.21. The number of hydrogen-bond acceptors (Lipinski definition) is 5. The maximum Gasteiger partial charge on any atom is 0.264 e. The van der Waals surface area contributed by atoms with Gasteiger partial charge >= 0.3 is 0 Å². The first kappa shape index (κ1) is 20.9. The molecule has 1 amide bonds. The first-order valence-corrected chi connectivity index (χ1v) is 10.4. The van der Waals surface area contributed by atoms with E-state index in [-0.39, 0.29) is 11.0 Å². The molecule has 0 unspecified atom stereocenters. The van der Waals surface area contributed by atoms with Crippen molar-refractivity contribution in [1.29, 1.82) is 0 Å². The lowest BCUT2D eigenvalue weighted by atomic mass is 9.95. The molecule has 1 aromatic carbocycles. The monoisotopic (exact) mass is 410 g/mol. The van der Waals surface area contributed by atoms with Gasteiger partial charge in [0.2, 0.25) is 0 Å². The summed E-state index contributed by atoms with van der Waals surface area (Å²) in [5.74, 6) is 0.179. The standard InChI is InChI=1S/C22H26N4O2S/c1-13-18(20(28)26-21(24-13)22(3,4)5)19(27)23-11-10-15-6-8-16(9-7-15)17-12-29-14(2)25-17/h6-9,12H,10-11H2,1-5H3,(H,23,27)(H,24,26,28). The van der Waals surface area contributed by atoms with E-state index in [2.05, 4.69) is 20.3 Å². The van der Waals surface area contributed by atoms with Gasteiger partial charge in [-0.3, -0.25) is 9.59 Å². The van der Waals surface area contributed by atoms with Crippen LogP contribution in [-0.4, -0.2) is 27.4 Å². The molecule has 0 radical (unpaired) electrons. The summed E-state index contributed by atoms with van der Waals surface area (Å²) in [4.78, 5) is 36.5. The number of H-pyrrole nitrogens is 1. The first-order chi connectivity index (χ1) is 13.6. The van der Waals surface area contributed by atoms with Crippen LogP contribution in [0.2, 0.25) is 0 Å². The molecule has 7 heteroatoms. The second kappa shape index (κ2) is 8.29. The minimum absolute atomic E-state index is 0.0762. The van der Waals surface area contributed by atoms with Crippen molar-refractivity contribution in [2.75, 3.05) is 6.54 Å². The number of rotatable bonds is 5. The van der Waals surface area contributed by atoms with E-state index in [1.54, 1.807) is 18.3 Å². The Hall–Kier alpha value is -2.80. The Kier molecular flexibility index (Phi) is 5.98. The number of aromatic nitrogens is 3. The van der Waals surface area contributed by atoms with E-state index in [1.807, 2.05) is 57.3 Å². The van der Waals surface area contributed by atoms with Gasteiger partial charge < -0.3 is 10.3 Å². The maximum atomic E-state index is 12.5. The molecule has 0 saturated heterocycles. The second-order valence-electron chi connectivity index (χ2n) is 8.08. The van der Waals surface area contributed by atoms with Crippen molar-refractivity contribution >= 4 is 17.2 Å². The van der Waals surface area contributed by atoms with Gasteiger partial charge in [0, 0.05) is 22.9 Å². The summed E-state index contributed by atoms with van der Waals surface area (Å²) in [6.45, 7) is 10.0. The highest BCUT2D eigenvalue weighted by molar-refractivity contribution is 7.09. The molecule has 6 nitrogen and oxygen atoms in total. The van der Waals surface area contributed by atoms with Gasteiger partial charge in [-0.15, -0.1) is 11.3 Å². The Morgan fingerprint density at radius 2 is 1.83 bits per heavy atom. The SMILES string of the molecule is Cc1nc(-c2ccc(CCNC(=O)c3c(C)nc(C(C)(C)C)[nH]c3=O)cc2)cs1. The third-order valence-corrected chi connectivity index (χ3v) is 5.38. The lowest BCUT2D eigenvalue weighted by molar-refractivity contribution is 0.0951. The Balaban J connectivity index is 1.62. The van der Waals surface area contributed by atoms with Crippen LogP contribution in [0.5, 0.6) is 0 Å². The Morgan fingerprint density at radius 3 is 2.38 bits per heavy atom. The molecule has 0 aliphatic carbocycles. The highest BCUT2D eigenvalue weighted by Crippen LogP contribution is 2.22. The number of aryl methyl sites for hydroxylation is 2. The molecule has 3 aromatic rings. The van der Waals surface area contributed by atoms with Crippen LogP contribution in [0.4, 0.5) is 0 Å². The summed E-state index contributed by atoms with van der Waals surface area (Å²) >= 11 is 1.63. The minimum atomic E-state index is -0.400. The van der Waals surface area contributed by atoms with Gasteiger partial charge in [-0.2, -0.15) is 0 Å². The number of benzene rings is 1. The molecule has 0 bridgehead atoms. The highest BCUT2D eigenvalue weighted by atomic mass is 32.1. The maximum absolute atomic E-state index is 12.5. The van der Waals surface area contributed by atoms with Crippen molar-refractivity contribution in [2.24, 2.45) is 0 Å². The van der Waals surface area contributed by atoms with Crippen LogP contribution >= 0.6 is 11.3 Å². The van der Waals surface area contributed by atoms with Gasteiger partial charge in [0.1, 0.15) is 11.4 Å². The summed E-state index contributed by atoms with van der Waals surface area (Å²) < 4.78 is 0. The lowest BCUT2D eigenvalue weighted by Crippen LogP contribution is -2.34. The zero-order chi connectivity index (χ0) is 21.2. The Bertz CT molecular complexity index is 1080. The van der Waals surface area contributed by atoms with Crippen molar-refractivity contribution in [3.05, 3.63) is 67.7 Å². The van der Waals surface area contributed by atoms with Gasteiger partial charge in [0.25, 0.3) is 11.5 Å². The van der Waals surface area contributed by atoms with E-state index in [4.69, 9.17) is 0 Å². The largest absolute Gasteiger partial charge is 0.351 e. The molecular weight excluding hydrogens is 384 g/mol. The minimum Gasteiger partial charge on any atom is -0.351 e. The van der Waals surface area contributed by atoms with Gasteiger partial charge in [0.05, 0.1) is 16.4 Å². The summed E-state index contributed by atoms with van der Waals surface area (Å²) in [6.07, 6.45) is 0.673. The van der Waals surface area contributed by atoms with E-state index in [0.717, 1.165) is 21.8 Å². The third kappa shape index (κ3) is 4.98. The molecule has 29 heavy (non-hydrogen) atoms. The molecule has 2 N–H and O–H groups in total. The quantitative estimate of drug-likeness (QED) is 0.670. The van der Waals surface area contributed by atoms with Crippen LogP contribution in [-0.2, 0) is 11.8 Å². The molecule has 0 aliphatic rings. The smallest absolute Gasteiger partial charge is 0.264 e. The molecule has 0 atom stereocenters. The van der Waals surface area contributed by atoms with Crippen LogP contribution < -0.4 is 10.9 Å². The Labute approximate surface area is 174 Å². The number of nitrogens with one attached hydrogen (secondary N) is 2. The molecule has 2 aromatic heterocycles. The van der Waals surface area contributed by atoms with Crippen molar-refractivity contribution in [2.45, 2.75) is 46.5 Å². The third-order valence-electron chi connectivity index (χ3n) is 4.61. The fourth-order valence-electron chi connectivity index (χ4n) is 2.96. The molecule has 0 saturated carbocycles. The molecule has 3 rings (SSSR count). The van der Waals surface area contributed by atoms with E-state index in [9.17, 15) is 9.59 Å². The van der Waals surface area contributed by atoms with Gasteiger partial charge in [-0.1, -0.05) is 45.0 Å². The van der Waals surface area contributed by atoms with Gasteiger partial charge in [-0.25, -0.2) is 9.97 Å². The number of carbonyl (C=O) groups excluding carboxylic acids is 1. The summed E-state index contributed by atoms with van der Waals surface area (Å²) in [5.41, 5.74) is 2.99. The number of amides is 1. The number of nitrogens with zero attached hydrogens (tertiary/aromatic N) is 2. The van der Waals surface area contributed by atoms with Crippen molar-refractivity contribution < 1.29 is 4.79 Å². The van der Waals surface area contributed by atoms with Crippen LogP contribution in [0.15, 0.2) is 34.4 Å². The molecule has 0 spiro atoms. The van der Waals surface area contributed by atoms with E-state index in [1.165, 1.54) is 0 Å². The molecule has 2 heterocycles. The van der Waals surface area contributed by atoms with Crippen LogP contribution in [0.3, 0.4) is 0 Å². The normalized spacial score (nSPS) is 11.5. The molecule has 152 valence electrons. The van der Waals surface area contributed by atoms with Crippen LogP contribution in [0, 0.1) is 13.8 Å². The summed E-state index contributed by atoms with van der Waals surface area (Å²) in [6, 6.07) is 8.15. The van der Waals surface area contributed by atoms with Crippen molar-refractivity contribution in [1.82, 2.24) is 20.3 Å². The number of thiazole rings is 1. The van der Waals surface area contributed by atoms with E-state index in [0.29, 0.717) is 24.5 Å². The molecule has 0 fully saturated rings. The predicted molar refractivity (Wildman–Crippen MR) is 117 cm³/mol. The number of hydrogen-bond donors (Lipinski definition) is 2. The second-order valence-corrected chi connectivity index (χ2v) is 9.14. The van der Waals surface area contributed by atoms with Crippen LogP contribution in [0.1, 0.15) is 53.2 Å². The van der Waals surface area contributed by atoms with Crippen molar-refractivity contribution in [3.63, 3.8) is 0 Å². The first-order valence-electron chi connectivity index (χ1n) is 9.56. The van der Waals surface area contributed by atoms with Gasteiger partial charge in [-0.05, 0) is 25.8 Å². The fourth-order valence-corrected chi connectivity index (χ4v) is 3.58. The average Bonchev–Trinajstić information content (AvgIpc) is 3.07. The lowest BCUT2D eigenvalue weighted by Gasteiger charge is -2.18. The Morgan fingerprint density at radius 1 is 1.14 bits per heavy atom. The molecular formula is C22H26N4O2S. The van der Waals surface area contributed by atoms with E-state index >= 15 is 0 Å². The van der Waals surface area contributed by atoms with Crippen LogP contribution in [0.25, 0.3) is 11.3 Å².